The summed E-state index contributed by atoms with van der Waals surface area (Å²) in [5, 5.41) is 4.83. The molecule has 0 aliphatic rings. The van der Waals surface area contributed by atoms with Crippen molar-refractivity contribution in [3.63, 3.8) is 0 Å². The van der Waals surface area contributed by atoms with Crippen LogP contribution in [0.25, 0.3) is 0 Å². The van der Waals surface area contributed by atoms with Crippen LogP contribution in [-0.4, -0.2) is 18.2 Å². The summed E-state index contributed by atoms with van der Waals surface area (Å²) in [6.07, 6.45) is 1.71. The number of halogens is 1. The molecule has 0 bridgehead atoms. The van der Waals surface area contributed by atoms with E-state index in [4.69, 9.17) is 11.6 Å². The van der Waals surface area contributed by atoms with Crippen LogP contribution in [0, 0.1) is 20.8 Å². The maximum absolute atomic E-state index is 12.7. The molecule has 5 nitrogen and oxygen atoms in total. The van der Waals surface area contributed by atoms with E-state index in [2.05, 4.69) is 9.82 Å². The molecule has 2 rings (SSSR count). The van der Waals surface area contributed by atoms with Crippen LogP contribution < -0.4 is 4.72 Å². The van der Waals surface area contributed by atoms with Crippen LogP contribution in [0.4, 0.5) is 0 Å². The summed E-state index contributed by atoms with van der Waals surface area (Å²) >= 11 is 6.05. The Hall–Kier alpha value is -1.37. The molecule has 1 N–H and O–H groups in total. The molecule has 0 saturated carbocycles. The van der Waals surface area contributed by atoms with Crippen molar-refractivity contribution in [2.24, 2.45) is 0 Å². The average Bonchev–Trinajstić information content (AvgIpc) is 2.83. The fraction of sp³-hybridized carbons (Fsp3) is 0.438. The van der Waals surface area contributed by atoms with Gasteiger partial charge in [0.15, 0.2) is 0 Å². The third-order valence-electron chi connectivity index (χ3n) is 3.98. The van der Waals surface area contributed by atoms with Crippen LogP contribution in [0.3, 0.4) is 0 Å². The zero-order valence-corrected chi connectivity index (χ0v) is 15.6. The highest BCUT2D eigenvalue weighted by atomic mass is 35.5. The van der Waals surface area contributed by atoms with Crippen LogP contribution in [0.15, 0.2) is 23.2 Å². The smallest absolute Gasteiger partial charge is 0.241 e. The molecule has 2 aromatic rings. The van der Waals surface area contributed by atoms with Crippen molar-refractivity contribution in [3.05, 3.63) is 45.7 Å². The molecular formula is C16H22ClN3O2S. The maximum atomic E-state index is 12.7. The largest absolute Gasteiger partial charge is 0.270 e. The average molecular weight is 356 g/mol. The molecule has 1 heterocycles. The predicted molar refractivity (Wildman–Crippen MR) is 92.3 cm³/mol. The SMILES string of the molecule is CCn1ncc(C(C)NS(=O)(=O)c2cc(C)c(Cl)cc2C)c1C. The van der Waals surface area contributed by atoms with Gasteiger partial charge in [-0.25, -0.2) is 13.1 Å². The van der Waals surface area contributed by atoms with E-state index in [1.165, 1.54) is 0 Å². The summed E-state index contributed by atoms with van der Waals surface area (Å²) in [6, 6.07) is 2.92. The van der Waals surface area contributed by atoms with Gasteiger partial charge in [0, 0.05) is 28.9 Å². The summed E-state index contributed by atoms with van der Waals surface area (Å²) in [4.78, 5) is 0.256. The number of aromatic nitrogens is 2. The number of nitrogens with zero attached hydrogens (tertiary/aromatic N) is 2. The molecule has 0 aliphatic heterocycles. The van der Waals surface area contributed by atoms with Crippen LogP contribution in [0.2, 0.25) is 5.02 Å². The lowest BCUT2D eigenvalue weighted by atomic mass is 10.1. The molecule has 0 spiro atoms. The normalized spacial score (nSPS) is 13.3. The zero-order valence-electron chi connectivity index (χ0n) is 14.0. The van der Waals surface area contributed by atoms with Gasteiger partial charge in [0.2, 0.25) is 10.0 Å². The standard InChI is InChI=1S/C16H22ClN3O2S/c1-6-20-13(5)14(9-18-20)12(4)19-23(21,22)16-8-10(2)15(17)7-11(16)3/h7-9,12,19H,6H2,1-5H3. The zero-order chi connectivity index (χ0) is 17.4. The van der Waals surface area contributed by atoms with E-state index in [-0.39, 0.29) is 10.9 Å². The van der Waals surface area contributed by atoms with E-state index in [0.717, 1.165) is 23.4 Å². The molecule has 0 aliphatic carbocycles. The number of benzene rings is 1. The Morgan fingerprint density at radius 1 is 1.26 bits per heavy atom. The second-order valence-corrected chi connectivity index (χ2v) is 7.80. The lowest BCUT2D eigenvalue weighted by Gasteiger charge is -2.16. The fourth-order valence-corrected chi connectivity index (χ4v) is 4.36. The minimum atomic E-state index is -3.64. The van der Waals surface area contributed by atoms with Crippen LogP contribution in [0.5, 0.6) is 0 Å². The summed E-state index contributed by atoms with van der Waals surface area (Å²) < 4.78 is 30.0. The monoisotopic (exact) mass is 355 g/mol. The second kappa shape index (κ2) is 6.63. The van der Waals surface area contributed by atoms with Crippen molar-refractivity contribution >= 4 is 21.6 Å². The second-order valence-electron chi connectivity index (χ2n) is 5.71. The Kier molecular flexibility index (Phi) is 5.18. The Morgan fingerprint density at radius 2 is 1.91 bits per heavy atom. The van der Waals surface area contributed by atoms with E-state index in [0.29, 0.717) is 10.6 Å². The van der Waals surface area contributed by atoms with Crippen molar-refractivity contribution in [3.8, 4) is 0 Å². The molecule has 1 aromatic carbocycles. The first-order valence-electron chi connectivity index (χ1n) is 7.48. The molecule has 7 heteroatoms. The maximum Gasteiger partial charge on any atom is 0.241 e. The summed E-state index contributed by atoms with van der Waals surface area (Å²) in [5.41, 5.74) is 3.20. The predicted octanol–water partition coefficient (Wildman–Crippen LogP) is 3.52. The van der Waals surface area contributed by atoms with Crippen molar-refractivity contribution in [1.29, 1.82) is 0 Å². The number of rotatable bonds is 5. The molecule has 1 unspecified atom stereocenters. The fourth-order valence-electron chi connectivity index (χ4n) is 2.61. The molecular weight excluding hydrogens is 334 g/mol. The number of hydrogen-bond acceptors (Lipinski definition) is 3. The summed E-state index contributed by atoms with van der Waals surface area (Å²) in [6.45, 7) is 10.0. The molecule has 1 atom stereocenters. The van der Waals surface area contributed by atoms with E-state index >= 15 is 0 Å². The number of nitrogens with one attached hydrogen (secondary N) is 1. The molecule has 1 aromatic heterocycles. The molecule has 0 fully saturated rings. The van der Waals surface area contributed by atoms with Gasteiger partial charge < -0.3 is 0 Å². The van der Waals surface area contributed by atoms with Crippen molar-refractivity contribution in [1.82, 2.24) is 14.5 Å². The summed E-state index contributed by atoms with van der Waals surface area (Å²) in [7, 11) is -3.64. The third kappa shape index (κ3) is 3.59. The number of sulfonamides is 1. The van der Waals surface area contributed by atoms with Crippen LogP contribution >= 0.6 is 11.6 Å². The van der Waals surface area contributed by atoms with Crippen LogP contribution in [0.1, 0.15) is 42.3 Å². The van der Waals surface area contributed by atoms with Gasteiger partial charge in [-0.2, -0.15) is 5.10 Å². The topological polar surface area (TPSA) is 64.0 Å². The van der Waals surface area contributed by atoms with Gasteiger partial charge in [-0.3, -0.25) is 4.68 Å². The van der Waals surface area contributed by atoms with Gasteiger partial charge in [-0.15, -0.1) is 0 Å². The Morgan fingerprint density at radius 3 is 2.48 bits per heavy atom. The third-order valence-corrected chi connectivity index (χ3v) is 6.07. The highest BCUT2D eigenvalue weighted by molar-refractivity contribution is 7.89. The first-order chi connectivity index (χ1) is 10.7. The van der Waals surface area contributed by atoms with Crippen molar-refractivity contribution in [2.75, 3.05) is 0 Å². The van der Waals surface area contributed by atoms with Gasteiger partial charge >= 0.3 is 0 Å². The Balaban J connectivity index is 2.34. The quantitative estimate of drug-likeness (QED) is 0.892. The molecule has 126 valence electrons. The molecule has 0 amide bonds. The minimum Gasteiger partial charge on any atom is -0.270 e. The lowest BCUT2D eigenvalue weighted by Crippen LogP contribution is -2.28. The Bertz CT molecular complexity index is 828. The van der Waals surface area contributed by atoms with E-state index in [9.17, 15) is 8.42 Å². The van der Waals surface area contributed by atoms with E-state index in [1.54, 1.807) is 32.2 Å². The minimum absolute atomic E-state index is 0.256. The van der Waals surface area contributed by atoms with E-state index in [1.807, 2.05) is 25.5 Å². The van der Waals surface area contributed by atoms with Crippen molar-refractivity contribution < 1.29 is 8.42 Å². The molecule has 0 radical (unpaired) electrons. The van der Waals surface area contributed by atoms with Crippen molar-refractivity contribution in [2.45, 2.75) is 52.1 Å². The van der Waals surface area contributed by atoms with Gasteiger partial charge in [0.25, 0.3) is 0 Å². The van der Waals surface area contributed by atoms with Gasteiger partial charge in [-0.05, 0) is 57.9 Å². The van der Waals surface area contributed by atoms with E-state index < -0.39 is 10.0 Å². The molecule has 0 saturated heterocycles. The van der Waals surface area contributed by atoms with Gasteiger partial charge in [-0.1, -0.05) is 11.6 Å². The number of aryl methyl sites for hydroxylation is 3. The lowest BCUT2D eigenvalue weighted by molar-refractivity contribution is 0.565. The van der Waals surface area contributed by atoms with Crippen LogP contribution in [-0.2, 0) is 16.6 Å². The Labute approximate surface area is 142 Å². The highest BCUT2D eigenvalue weighted by Gasteiger charge is 2.23. The van der Waals surface area contributed by atoms with Gasteiger partial charge in [0.1, 0.15) is 0 Å². The van der Waals surface area contributed by atoms with Gasteiger partial charge in [0.05, 0.1) is 11.1 Å². The molecule has 23 heavy (non-hydrogen) atoms. The number of hydrogen-bond donors (Lipinski definition) is 1. The summed E-state index contributed by atoms with van der Waals surface area (Å²) in [5.74, 6) is 0. The first kappa shape index (κ1) is 18.0. The first-order valence-corrected chi connectivity index (χ1v) is 9.34. The highest BCUT2D eigenvalue weighted by Crippen LogP contribution is 2.26.